The molecule has 0 radical (unpaired) electrons. The second-order valence-electron chi connectivity index (χ2n) is 5.73. The van der Waals surface area contributed by atoms with Crippen LogP contribution in [0.2, 0.25) is 0 Å². The quantitative estimate of drug-likeness (QED) is 0.919. The number of hydrogen-bond donors (Lipinski definition) is 1. The highest BCUT2D eigenvalue weighted by atomic mass is 16.1. The van der Waals surface area contributed by atoms with Crippen LogP contribution < -0.4 is 10.2 Å². The molecule has 1 N–H and O–H groups in total. The van der Waals surface area contributed by atoms with Gasteiger partial charge in [0.1, 0.15) is 0 Å². The molecule has 1 amide bonds. The summed E-state index contributed by atoms with van der Waals surface area (Å²) in [4.78, 5) is 14.4. The van der Waals surface area contributed by atoms with Gasteiger partial charge in [-0.15, -0.1) is 0 Å². The summed E-state index contributed by atoms with van der Waals surface area (Å²) in [7, 11) is 0. The number of rotatable bonds is 5. The molecule has 0 atom stereocenters. The number of carbonyl (C=O) groups is 1. The molecular weight excluding hydrogens is 272 g/mol. The van der Waals surface area contributed by atoms with Gasteiger partial charge in [0.15, 0.2) is 0 Å². The van der Waals surface area contributed by atoms with Crippen molar-refractivity contribution in [3.8, 4) is 0 Å². The number of aryl methyl sites for hydroxylation is 1. The van der Waals surface area contributed by atoms with Gasteiger partial charge in [-0.2, -0.15) is 0 Å². The topological polar surface area (TPSA) is 32.3 Å². The third-order valence-corrected chi connectivity index (χ3v) is 4.15. The van der Waals surface area contributed by atoms with Gasteiger partial charge < -0.3 is 10.2 Å². The van der Waals surface area contributed by atoms with Crippen LogP contribution in [0.5, 0.6) is 0 Å². The summed E-state index contributed by atoms with van der Waals surface area (Å²) in [6.45, 7) is 2.44. The lowest BCUT2D eigenvalue weighted by Gasteiger charge is -2.31. The summed E-state index contributed by atoms with van der Waals surface area (Å²) in [5.74, 6) is 0.118. The number of fused-ring (bicyclic) bond motifs is 1. The predicted octanol–water partition coefficient (Wildman–Crippen LogP) is 3.15. The first-order valence-corrected chi connectivity index (χ1v) is 7.96. The van der Waals surface area contributed by atoms with Crippen molar-refractivity contribution in [1.29, 1.82) is 0 Å². The SMILES string of the molecule is O=C(CCN1CCCc2ccccc21)NCc1ccccc1. The van der Waals surface area contributed by atoms with E-state index in [1.807, 2.05) is 30.3 Å². The summed E-state index contributed by atoms with van der Waals surface area (Å²) < 4.78 is 0. The van der Waals surface area contributed by atoms with Gasteiger partial charge in [-0.05, 0) is 30.0 Å². The number of anilines is 1. The van der Waals surface area contributed by atoms with E-state index in [1.54, 1.807) is 0 Å². The Morgan fingerprint density at radius 3 is 2.68 bits per heavy atom. The van der Waals surface area contributed by atoms with Crippen LogP contribution in [0.4, 0.5) is 5.69 Å². The largest absolute Gasteiger partial charge is 0.371 e. The van der Waals surface area contributed by atoms with E-state index in [0.29, 0.717) is 13.0 Å². The number of benzene rings is 2. The van der Waals surface area contributed by atoms with Crippen LogP contribution in [0.25, 0.3) is 0 Å². The Kier molecular flexibility index (Phi) is 4.74. The van der Waals surface area contributed by atoms with Gasteiger partial charge in [-0.25, -0.2) is 0 Å². The molecule has 3 nitrogen and oxygen atoms in total. The van der Waals surface area contributed by atoms with E-state index in [2.05, 4.69) is 34.5 Å². The van der Waals surface area contributed by atoms with Gasteiger partial charge in [-0.3, -0.25) is 4.79 Å². The maximum atomic E-state index is 12.0. The van der Waals surface area contributed by atoms with Crippen molar-refractivity contribution in [2.75, 3.05) is 18.0 Å². The molecule has 0 spiro atoms. The smallest absolute Gasteiger partial charge is 0.222 e. The number of para-hydroxylation sites is 1. The van der Waals surface area contributed by atoms with E-state index in [0.717, 1.165) is 25.1 Å². The molecule has 22 heavy (non-hydrogen) atoms. The lowest BCUT2D eigenvalue weighted by molar-refractivity contribution is -0.121. The maximum Gasteiger partial charge on any atom is 0.222 e. The fraction of sp³-hybridized carbons (Fsp3) is 0.316. The number of nitrogens with one attached hydrogen (secondary N) is 1. The second-order valence-corrected chi connectivity index (χ2v) is 5.73. The van der Waals surface area contributed by atoms with Crippen molar-refractivity contribution in [3.63, 3.8) is 0 Å². The molecule has 1 aliphatic rings. The number of amides is 1. The summed E-state index contributed by atoms with van der Waals surface area (Å²) >= 11 is 0. The lowest BCUT2D eigenvalue weighted by atomic mass is 10.0. The van der Waals surface area contributed by atoms with Crippen LogP contribution in [0.1, 0.15) is 24.0 Å². The van der Waals surface area contributed by atoms with Crippen LogP contribution in [-0.2, 0) is 17.8 Å². The average molecular weight is 294 g/mol. The Bertz CT molecular complexity index is 624. The fourth-order valence-corrected chi connectivity index (χ4v) is 2.97. The Labute approximate surface area is 132 Å². The first kappa shape index (κ1) is 14.6. The van der Waals surface area contributed by atoms with E-state index >= 15 is 0 Å². The molecule has 0 fully saturated rings. The van der Waals surface area contributed by atoms with Gasteiger partial charge in [0, 0.05) is 31.7 Å². The molecule has 0 bridgehead atoms. The molecule has 3 rings (SSSR count). The lowest BCUT2D eigenvalue weighted by Crippen LogP contribution is -2.34. The van der Waals surface area contributed by atoms with E-state index < -0.39 is 0 Å². The minimum absolute atomic E-state index is 0.118. The summed E-state index contributed by atoms with van der Waals surface area (Å²) in [5.41, 5.74) is 3.84. The molecule has 1 aliphatic heterocycles. The summed E-state index contributed by atoms with van der Waals surface area (Å²) in [5, 5.41) is 3.00. The third-order valence-electron chi connectivity index (χ3n) is 4.15. The van der Waals surface area contributed by atoms with E-state index in [9.17, 15) is 4.79 Å². The maximum absolute atomic E-state index is 12.0. The molecule has 0 aliphatic carbocycles. The van der Waals surface area contributed by atoms with Crippen LogP contribution >= 0.6 is 0 Å². The highest BCUT2D eigenvalue weighted by Gasteiger charge is 2.16. The zero-order chi connectivity index (χ0) is 15.2. The molecule has 3 heteroatoms. The minimum atomic E-state index is 0.118. The Hall–Kier alpha value is -2.29. The van der Waals surface area contributed by atoms with Crippen molar-refractivity contribution >= 4 is 11.6 Å². The molecule has 114 valence electrons. The molecule has 2 aromatic carbocycles. The number of hydrogen-bond acceptors (Lipinski definition) is 2. The van der Waals surface area contributed by atoms with Crippen LogP contribution in [-0.4, -0.2) is 19.0 Å². The normalized spacial score (nSPS) is 13.5. The Balaban J connectivity index is 1.50. The number of carbonyl (C=O) groups excluding carboxylic acids is 1. The average Bonchev–Trinajstić information content (AvgIpc) is 2.59. The second kappa shape index (κ2) is 7.12. The van der Waals surface area contributed by atoms with Gasteiger partial charge in [0.25, 0.3) is 0 Å². The first-order chi connectivity index (χ1) is 10.8. The first-order valence-electron chi connectivity index (χ1n) is 7.96. The van der Waals surface area contributed by atoms with E-state index in [4.69, 9.17) is 0 Å². The van der Waals surface area contributed by atoms with Crippen molar-refractivity contribution in [2.24, 2.45) is 0 Å². The van der Waals surface area contributed by atoms with Gasteiger partial charge in [-0.1, -0.05) is 48.5 Å². The van der Waals surface area contributed by atoms with Gasteiger partial charge in [0.05, 0.1) is 0 Å². The zero-order valence-corrected chi connectivity index (χ0v) is 12.8. The molecule has 1 heterocycles. The summed E-state index contributed by atoms with van der Waals surface area (Å²) in [6.07, 6.45) is 2.86. The summed E-state index contributed by atoms with van der Waals surface area (Å²) in [6, 6.07) is 18.6. The molecule has 0 unspecified atom stereocenters. The van der Waals surface area contributed by atoms with Crippen LogP contribution in [0, 0.1) is 0 Å². The third kappa shape index (κ3) is 3.67. The van der Waals surface area contributed by atoms with Crippen LogP contribution in [0.15, 0.2) is 54.6 Å². The standard InChI is InChI=1S/C19H22N2O/c22-19(20-15-16-7-2-1-3-8-16)12-14-21-13-6-10-17-9-4-5-11-18(17)21/h1-5,7-9,11H,6,10,12-15H2,(H,20,22). The Morgan fingerprint density at radius 2 is 1.82 bits per heavy atom. The minimum Gasteiger partial charge on any atom is -0.371 e. The van der Waals surface area contributed by atoms with Crippen LogP contribution in [0.3, 0.4) is 0 Å². The zero-order valence-electron chi connectivity index (χ0n) is 12.8. The van der Waals surface area contributed by atoms with Crippen molar-refractivity contribution in [3.05, 3.63) is 65.7 Å². The molecule has 2 aromatic rings. The number of nitrogens with zero attached hydrogens (tertiary/aromatic N) is 1. The fourth-order valence-electron chi connectivity index (χ4n) is 2.97. The van der Waals surface area contributed by atoms with Crippen molar-refractivity contribution in [1.82, 2.24) is 5.32 Å². The van der Waals surface area contributed by atoms with Gasteiger partial charge >= 0.3 is 0 Å². The predicted molar refractivity (Wildman–Crippen MR) is 89.9 cm³/mol. The van der Waals surface area contributed by atoms with E-state index in [1.165, 1.54) is 17.7 Å². The molecular formula is C19H22N2O. The van der Waals surface area contributed by atoms with E-state index in [-0.39, 0.29) is 5.91 Å². The highest BCUT2D eigenvalue weighted by molar-refractivity contribution is 5.76. The molecule has 0 saturated heterocycles. The van der Waals surface area contributed by atoms with Crippen molar-refractivity contribution in [2.45, 2.75) is 25.8 Å². The van der Waals surface area contributed by atoms with Gasteiger partial charge in [0.2, 0.25) is 5.91 Å². The monoisotopic (exact) mass is 294 g/mol. The Morgan fingerprint density at radius 1 is 1.05 bits per heavy atom. The van der Waals surface area contributed by atoms with Crippen molar-refractivity contribution < 1.29 is 4.79 Å². The molecule has 0 aromatic heterocycles. The molecule has 0 saturated carbocycles. The highest BCUT2D eigenvalue weighted by Crippen LogP contribution is 2.26.